The molecule has 0 radical (unpaired) electrons. The number of rotatable bonds is 7. The van der Waals surface area contributed by atoms with Gasteiger partial charge in [-0.25, -0.2) is 8.42 Å². The molecule has 1 aromatic heterocycles. The van der Waals surface area contributed by atoms with Gasteiger partial charge in [0.15, 0.2) is 15.8 Å². The lowest BCUT2D eigenvalue weighted by Crippen LogP contribution is -2.67. The number of aromatic nitrogens is 1. The van der Waals surface area contributed by atoms with Gasteiger partial charge in [-0.2, -0.15) is 18.4 Å². The van der Waals surface area contributed by atoms with E-state index in [2.05, 4.69) is 20.4 Å². The van der Waals surface area contributed by atoms with E-state index >= 15 is 0 Å². The minimum Gasteiger partial charge on any atom is -0.478 e. The molecule has 196 valence electrons. The van der Waals surface area contributed by atoms with E-state index in [-0.39, 0.29) is 11.7 Å². The molecule has 12 heteroatoms. The van der Waals surface area contributed by atoms with Gasteiger partial charge < -0.3 is 19.1 Å². The Hall–Kier alpha value is -3.72. The lowest BCUT2D eigenvalue weighted by atomic mass is 9.92. The van der Waals surface area contributed by atoms with Crippen LogP contribution in [0.1, 0.15) is 37.8 Å². The molecule has 4 rings (SSSR count). The zero-order valence-electron chi connectivity index (χ0n) is 20.0. The molecule has 0 bridgehead atoms. The Kier molecular flexibility index (Phi) is 7.10. The maximum atomic E-state index is 12.7. The summed E-state index contributed by atoms with van der Waals surface area (Å²) in [6.07, 6.45) is -3.88. The molecule has 2 N–H and O–H groups in total. The zero-order chi connectivity index (χ0) is 27.0. The van der Waals surface area contributed by atoms with Crippen molar-refractivity contribution >= 4 is 32.5 Å². The van der Waals surface area contributed by atoms with Gasteiger partial charge in [-0.3, -0.25) is 0 Å². The van der Waals surface area contributed by atoms with Crippen LogP contribution in [0.2, 0.25) is 0 Å². The van der Waals surface area contributed by atoms with Crippen LogP contribution >= 0.6 is 0 Å². The van der Waals surface area contributed by atoms with Crippen molar-refractivity contribution in [3.05, 3.63) is 48.0 Å². The largest absolute Gasteiger partial charge is 0.551 e. The number of aliphatic hydroxyl groups excluding tert-OH is 1. The fourth-order valence-electron chi connectivity index (χ4n) is 4.07. The quantitative estimate of drug-likeness (QED) is 0.350. The number of halogens is 3. The maximum Gasteiger partial charge on any atom is 0.551 e. The van der Waals surface area contributed by atoms with Crippen molar-refractivity contribution in [1.29, 1.82) is 5.26 Å². The summed E-state index contributed by atoms with van der Waals surface area (Å²) in [5.74, 6) is -0.101. The minimum absolute atomic E-state index is 0.136. The molecule has 3 aromatic rings. The monoisotopic (exact) mass is 536 g/mol. The van der Waals surface area contributed by atoms with Gasteiger partial charge in [-0.05, 0) is 50.5 Å². The van der Waals surface area contributed by atoms with E-state index in [0.29, 0.717) is 28.0 Å². The Bertz CT molecular complexity index is 1480. The molecule has 2 aromatic carbocycles. The fraction of sp³-hybridized carbons (Fsp3) is 0.360. The van der Waals surface area contributed by atoms with Gasteiger partial charge in [0.1, 0.15) is 11.8 Å². The van der Waals surface area contributed by atoms with E-state index in [0.717, 1.165) is 38.0 Å². The average molecular weight is 537 g/mol. The standard InChI is InChI=1S/C25H24F3N3O5S/c1-15(25(26,27)28)36-24(32)30-17-8-6-16(7-9-17)23-21(13-29)20-11-10-19(35-14-37(2,33)34)12-22(20)31(23)18-4-3-5-18/h6-12,15,18H,3-5,14H2,1-2H3,(H,30,32)/p+1/t15-/m1/s1. The Labute approximate surface area is 211 Å². The van der Waals surface area contributed by atoms with Crippen molar-refractivity contribution in [2.24, 2.45) is 0 Å². The van der Waals surface area contributed by atoms with Gasteiger partial charge >= 0.3 is 12.3 Å². The van der Waals surface area contributed by atoms with Crippen LogP contribution in [0.3, 0.4) is 0 Å². The smallest absolute Gasteiger partial charge is 0.478 e. The second-order valence-corrected chi connectivity index (χ2v) is 11.1. The Morgan fingerprint density at radius 3 is 2.46 bits per heavy atom. The second-order valence-electron chi connectivity index (χ2n) is 8.97. The average Bonchev–Trinajstić information content (AvgIpc) is 3.09. The van der Waals surface area contributed by atoms with E-state index in [1.807, 2.05) is 0 Å². The summed E-state index contributed by atoms with van der Waals surface area (Å²) in [6, 6.07) is 14.0. The molecule has 1 atom stereocenters. The number of aliphatic hydroxyl groups is 1. The van der Waals surface area contributed by atoms with E-state index in [9.17, 15) is 32.0 Å². The molecule has 1 saturated carbocycles. The number of alkyl halides is 3. The van der Waals surface area contributed by atoms with Crippen molar-refractivity contribution in [2.45, 2.75) is 44.5 Å². The summed E-state index contributed by atoms with van der Waals surface area (Å²) in [7, 11) is -3.34. The number of nitriles is 1. The number of nitrogens with zero attached hydrogens (tertiary/aromatic N) is 2. The summed E-state index contributed by atoms with van der Waals surface area (Å²) >= 11 is 0. The molecule has 1 aliphatic rings. The highest BCUT2D eigenvalue weighted by Gasteiger charge is 2.40. The summed E-state index contributed by atoms with van der Waals surface area (Å²) in [6.45, 7) is 0.779. The van der Waals surface area contributed by atoms with Crippen LogP contribution in [0, 0.1) is 11.3 Å². The van der Waals surface area contributed by atoms with Gasteiger partial charge in [0, 0.05) is 41.4 Å². The van der Waals surface area contributed by atoms with Crippen LogP contribution in [0.15, 0.2) is 42.5 Å². The molecule has 1 fully saturated rings. The molecule has 37 heavy (non-hydrogen) atoms. The first kappa shape index (κ1) is 26.3. The molecule has 0 amide bonds. The molecule has 0 spiro atoms. The molecule has 0 saturated heterocycles. The number of benzene rings is 2. The Morgan fingerprint density at radius 2 is 1.92 bits per heavy atom. The zero-order valence-corrected chi connectivity index (χ0v) is 20.9. The number of fused-ring (bicyclic) bond motifs is 1. The van der Waals surface area contributed by atoms with Crippen LogP contribution in [0.5, 0.6) is 5.75 Å². The van der Waals surface area contributed by atoms with Crippen molar-refractivity contribution in [3.8, 4) is 23.1 Å². The predicted octanol–water partition coefficient (Wildman–Crippen LogP) is 3.88. The topological polar surface area (TPSA) is 116 Å². The van der Waals surface area contributed by atoms with Gasteiger partial charge in [-0.1, -0.05) is 0 Å². The van der Waals surface area contributed by atoms with Crippen LogP contribution in [0.25, 0.3) is 22.2 Å². The highest BCUT2D eigenvalue weighted by Crippen LogP contribution is 2.43. The van der Waals surface area contributed by atoms with Crippen LogP contribution < -0.4 is 9.73 Å². The van der Waals surface area contributed by atoms with E-state index in [4.69, 9.17) is 4.74 Å². The van der Waals surface area contributed by atoms with Crippen LogP contribution in [-0.2, 0) is 14.6 Å². The fourth-order valence-corrected chi connectivity index (χ4v) is 4.43. The van der Waals surface area contributed by atoms with Crippen molar-refractivity contribution in [3.63, 3.8) is 0 Å². The summed E-state index contributed by atoms with van der Waals surface area (Å²) in [4.78, 5) is 2.38. The number of hydrogen-bond donors (Lipinski definition) is 2. The Balaban J connectivity index is 1.73. The molecule has 8 nitrogen and oxygen atoms in total. The summed E-state index contributed by atoms with van der Waals surface area (Å²) in [5.41, 5.74) is 2.83. The van der Waals surface area contributed by atoms with E-state index in [1.54, 1.807) is 42.5 Å². The van der Waals surface area contributed by atoms with Crippen molar-refractivity contribution < 1.29 is 41.2 Å². The molecule has 0 unspecified atom stereocenters. The summed E-state index contributed by atoms with van der Waals surface area (Å²) < 4.78 is 73.0. The Morgan fingerprint density at radius 1 is 1.24 bits per heavy atom. The van der Waals surface area contributed by atoms with Crippen LogP contribution in [0.4, 0.5) is 18.9 Å². The third-order valence-corrected chi connectivity index (χ3v) is 6.67. The minimum atomic E-state index is -4.63. The predicted molar refractivity (Wildman–Crippen MR) is 130 cm³/mol. The highest BCUT2D eigenvalue weighted by atomic mass is 32.2. The third-order valence-electron chi connectivity index (χ3n) is 6.13. The number of ether oxygens (including phenoxy) is 2. The maximum absolute atomic E-state index is 12.7. The van der Waals surface area contributed by atoms with Gasteiger partial charge in [-0.15, -0.1) is 4.99 Å². The molecule has 0 aliphatic heterocycles. The van der Waals surface area contributed by atoms with Crippen LogP contribution in [-0.4, -0.2) is 48.7 Å². The second kappa shape index (κ2) is 9.97. The SMILES string of the molecule is C[C@@H](OC(O)=[NH+]c1ccc(-c2c(C#N)c3ccc(OCS(C)(=O)=O)cc3n2C2CCC2)cc1)C(F)(F)F. The first-order valence-corrected chi connectivity index (χ1v) is 13.5. The normalized spacial score (nSPS) is 15.7. The first-order chi connectivity index (χ1) is 17.4. The summed E-state index contributed by atoms with van der Waals surface area (Å²) in [5, 5.41) is 20.5. The van der Waals surface area contributed by atoms with E-state index in [1.165, 1.54) is 0 Å². The van der Waals surface area contributed by atoms with Gasteiger partial charge in [0.2, 0.25) is 11.8 Å². The van der Waals surface area contributed by atoms with Gasteiger partial charge in [0.25, 0.3) is 0 Å². The lowest BCUT2D eigenvalue weighted by molar-refractivity contribution is -0.387. The lowest BCUT2D eigenvalue weighted by Gasteiger charge is -2.30. The number of nitrogens with one attached hydrogen (secondary N) is 1. The third kappa shape index (κ3) is 5.83. The molecular weight excluding hydrogens is 511 g/mol. The number of sulfone groups is 1. The highest BCUT2D eigenvalue weighted by molar-refractivity contribution is 7.90. The van der Waals surface area contributed by atoms with E-state index < -0.39 is 34.1 Å². The first-order valence-electron chi connectivity index (χ1n) is 11.4. The molecular formula is C25H25F3N3O5S+. The van der Waals surface area contributed by atoms with Crippen molar-refractivity contribution in [2.75, 3.05) is 12.2 Å². The molecule has 1 heterocycles. The number of hydrogen-bond acceptors (Lipinski definition) is 5. The molecule has 1 aliphatic carbocycles. The van der Waals surface area contributed by atoms with Gasteiger partial charge in [0.05, 0.1) is 16.8 Å². The van der Waals surface area contributed by atoms with Crippen molar-refractivity contribution in [1.82, 2.24) is 4.57 Å².